The van der Waals surface area contributed by atoms with Crippen molar-refractivity contribution in [2.75, 3.05) is 10.6 Å². The number of unbranched alkanes of at least 4 members (excludes halogenated alkanes) is 1. The Kier molecular flexibility index (Phi) is 10.1. The lowest BCUT2D eigenvalue weighted by Crippen LogP contribution is -2.09. The van der Waals surface area contributed by atoms with Gasteiger partial charge in [-0.15, -0.1) is 0 Å². The molecule has 0 spiro atoms. The van der Waals surface area contributed by atoms with E-state index in [9.17, 15) is 0 Å². The molecular weight excluding hydrogens is 520 g/mol. The zero-order valence-electron chi connectivity index (χ0n) is 25.2. The Morgan fingerprint density at radius 2 is 0.953 bits per heavy atom. The van der Waals surface area contributed by atoms with Gasteiger partial charge in [0, 0.05) is 22.7 Å². The van der Waals surface area contributed by atoms with Crippen LogP contribution in [0.3, 0.4) is 0 Å². The van der Waals surface area contributed by atoms with Gasteiger partial charge in [0.2, 0.25) is 0 Å². The molecule has 0 unspecified atom stereocenters. The van der Waals surface area contributed by atoms with Gasteiger partial charge in [0.25, 0.3) is 0 Å². The summed E-state index contributed by atoms with van der Waals surface area (Å²) in [5.74, 6) is 0. The summed E-state index contributed by atoms with van der Waals surface area (Å²) in [6.07, 6.45) is 3.65. The average Bonchev–Trinajstić information content (AvgIpc) is 3.06. The fourth-order valence-corrected chi connectivity index (χ4v) is 5.14. The number of nitrogens with two attached hydrogens (primary N) is 1. The number of nitrogen functional groups attached to an aromatic ring is 1. The second-order valence-corrected chi connectivity index (χ2v) is 10.8. The molecule has 0 saturated heterocycles. The Labute approximate surface area is 257 Å². The van der Waals surface area contributed by atoms with Crippen LogP contribution < -0.4 is 10.6 Å². The van der Waals surface area contributed by atoms with Crippen LogP contribution in [-0.4, -0.2) is 0 Å². The third-order valence-corrected chi connectivity index (χ3v) is 7.53. The molecule has 0 aliphatic rings. The van der Waals surface area contributed by atoms with Gasteiger partial charge in [0.05, 0.1) is 0 Å². The molecule has 0 heterocycles. The molecule has 0 aliphatic carbocycles. The smallest absolute Gasteiger partial charge is 0.0462 e. The van der Waals surface area contributed by atoms with Gasteiger partial charge in [-0.2, -0.15) is 0 Å². The van der Waals surface area contributed by atoms with Crippen molar-refractivity contribution in [3.8, 4) is 22.3 Å². The van der Waals surface area contributed by atoms with Crippen LogP contribution >= 0.6 is 0 Å². The van der Waals surface area contributed by atoms with Gasteiger partial charge in [-0.05, 0) is 96.1 Å². The van der Waals surface area contributed by atoms with Crippen LogP contribution in [0.2, 0.25) is 0 Å². The molecule has 6 aromatic carbocycles. The van der Waals surface area contributed by atoms with E-state index in [2.05, 4.69) is 164 Å². The van der Waals surface area contributed by atoms with E-state index in [4.69, 9.17) is 5.73 Å². The predicted molar refractivity (Wildman–Crippen MR) is 186 cm³/mol. The molecule has 0 aliphatic heterocycles. The maximum Gasteiger partial charge on any atom is 0.0462 e. The maximum absolute atomic E-state index is 5.63. The predicted octanol–water partition coefficient (Wildman–Crippen LogP) is 11.4. The number of para-hydroxylation sites is 1. The highest BCUT2D eigenvalue weighted by molar-refractivity contribution is 5.79. The summed E-state index contributed by atoms with van der Waals surface area (Å²) in [5.41, 5.74) is 17.5. The Morgan fingerprint density at radius 1 is 0.488 bits per heavy atom. The standard InChI is InChI=1S/C31H25N.C10H15N/c1-24-12-14-26(15-13-24)28-18-22-31(23-19-28)32(29-10-6-3-7-11-29)30-20-16-27(17-21-30)25-8-4-2-5-9-25;1-2-3-5-9-6-4-7-10(11)8-9/h2-23H,1H3;4,6-8H,2-3,5,11H2,1H3. The molecule has 0 fully saturated rings. The minimum Gasteiger partial charge on any atom is -0.399 e. The topological polar surface area (TPSA) is 29.3 Å². The number of aryl methyl sites for hydroxylation is 2. The number of hydrogen-bond acceptors (Lipinski definition) is 2. The average molecular weight is 561 g/mol. The minimum atomic E-state index is 0.874. The molecule has 43 heavy (non-hydrogen) atoms. The fourth-order valence-electron chi connectivity index (χ4n) is 5.14. The van der Waals surface area contributed by atoms with E-state index in [-0.39, 0.29) is 0 Å². The zero-order chi connectivity index (χ0) is 29.9. The Bertz CT molecular complexity index is 1670. The molecular formula is C41H40N2. The largest absolute Gasteiger partial charge is 0.399 e. The van der Waals surface area contributed by atoms with E-state index in [1.54, 1.807) is 0 Å². The molecule has 0 bridgehead atoms. The van der Waals surface area contributed by atoms with Gasteiger partial charge in [0.15, 0.2) is 0 Å². The molecule has 0 atom stereocenters. The summed E-state index contributed by atoms with van der Waals surface area (Å²) in [6.45, 7) is 4.32. The SMILES string of the molecule is CCCCc1cccc(N)c1.Cc1ccc(-c2ccc(N(c3ccccc3)c3ccc(-c4ccccc4)cc3)cc2)cc1. The molecule has 2 heteroatoms. The van der Waals surface area contributed by atoms with Crippen molar-refractivity contribution >= 4 is 22.7 Å². The van der Waals surface area contributed by atoms with E-state index >= 15 is 0 Å². The molecule has 0 saturated carbocycles. The number of benzene rings is 6. The molecule has 6 aromatic rings. The summed E-state index contributed by atoms with van der Waals surface area (Å²) in [5, 5.41) is 0. The molecule has 214 valence electrons. The second-order valence-electron chi connectivity index (χ2n) is 10.8. The van der Waals surface area contributed by atoms with Crippen LogP contribution in [-0.2, 0) is 6.42 Å². The van der Waals surface area contributed by atoms with E-state index < -0.39 is 0 Å². The third-order valence-electron chi connectivity index (χ3n) is 7.53. The summed E-state index contributed by atoms with van der Waals surface area (Å²) < 4.78 is 0. The van der Waals surface area contributed by atoms with E-state index in [0.717, 1.165) is 29.2 Å². The fraction of sp³-hybridized carbons (Fsp3) is 0.122. The Hall–Kier alpha value is -5.08. The van der Waals surface area contributed by atoms with Gasteiger partial charge >= 0.3 is 0 Å². The van der Waals surface area contributed by atoms with Crippen molar-refractivity contribution in [3.05, 3.63) is 169 Å². The highest BCUT2D eigenvalue weighted by atomic mass is 15.1. The lowest BCUT2D eigenvalue weighted by molar-refractivity contribution is 0.795. The Morgan fingerprint density at radius 3 is 1.47 bits per heavy atom. The highest BCUT2D eigenvalue weighted by Crippen LogP contribution is 2.36. The molecule has 0 radical (unpaired) electrons. The molecule has 6 rings (SSSR count). The summed E-state index contributed by atoms with van der Waals surface area (Å²) in [6, 6.07) is 55.4. The first-order valence-electron chi connectivity index (χ1n) is 15.1. The molecule has 0 amide bonds. The summed E-state index contributed by atoms with van der Waals surface area (Å²) >= 11 is 0. The molecule has 2 nitrogen and oxygen atoms in total. The van der Waals surface area contributed by atoms with E-state index in [1.807, 2.05) is 12.1 Å². The minimum absolute atomic E-state index is 0.874. The van der Waals surface area contributed by atoms with Crippen molar-refractivity contribution in [1.29, 1.82) is 0 Å². The monoisotopic (exact) mass is 560 g/mol. The van der Waals surface area contributed by atoms with Crippen molar-refractivity contribution in [2.45, 2.75) is 33.1 Å². The first-order valence-corrected chi connectivity index (χ1v) is 15.1. The lowest BCUT2D eigenvalue weighted by atomic mass is 10.0. The van der Waals surface area contributed by atoms with Gasteiger partial charge in [-0.1, -0.05) is 128 Å². The first kappa shape index (κ1) is 29.4. The highest BCUT2D eigenvalue weighted by Gasteiger charge is 2.12. The number of anilines is 4. The van der Waals surface area contributed by atoms with Crippen LogP contribution in [0.25, 0.3) is 22.3 Å². The van der Waals surface area contributed by atoms with Gasteiger partial charge in [-0.3, -0.25) is 0 Å². The zero-order valence-corrected chi connectivity index (χ0v) is 25.2. The quantitative estimate of drug-likeness (QED) is 0.188. The van der Waals surface area contributed by atoms with Gasteiger partial charge < -0.3 is 10.6 Å². The molecule has 2 N–H and O–H groups in total. The van der Waals surface area contributed by atoms with E-state index in [0.29, 0.717) is 0 Å². The van der Waals surface area contributed by atoms with Crippen LogP contribution in [0.1, 0.15) is 30.9 Å². The van der Waals surface area contributed by atoms with Crippen LogP contribution in [0, 0.1) is 6.92 Å². The number of nitrogens with zero attached hydrogens (tertiary/aromatic N) is 1. The van der Waals surface area contributed by atoms with Crippen LogP contribution in [0.4, 0.5) is 22.7 Å². The summed E-state index contributed by atoms with van der Waals surface area (Å²) in [7, 11) is 0. The van der Waals surface area contributed by atoms with Gasteiger partial charge in [-0.25, -0.2) is 0 Å². The lowest BCUT2D eigenvalue weighted by Gasteiger charge is -2.26. The summed E-state index contributed by atoms with van der Waals surface area (Å²) in [4.78, 5) is 2.30. The van der Waals surface area contributed by atoms with Crippen molar-refractivity contribution in [2.24, 2.45) is 0 Å². The van der Waals surface area contributed by atoms with Crippen molar-refractivity contribution in [1.82, 2.24) is 0 Å². The second kappa shape index (κ2) is 14.7. The van der Waals surface area contributed by atoms with Crippen LogP contribution in [0.15, 0.2) is 158 Å². The molecule has 0 aromatic heterocycles. The maximum atomic E-state index is 5.63. The van der Waals surface area contributed by atoms with E-state index in [1.165, 1.54) is 46.2 Å². The van der Waals surface area contributed by atoms with Crippen molar-refractivity contribution < 1.29 is 0 Å². The number of hydrogen-bond donors (Lipinski definition) is 1. The normalized spacial score (nSPS) is 10.5. The third kappa shape index (κ3) is 8.02. The number of rotatable bonds is 8. The van der Waals surface area contributed by atoms with Gasteiger partial charge in [0.1, 0.15) is 0 Å². The van der Waals surface area contributed by atoms with Crippen molar-refractivity contribution in [3.63, 3.8) is 0 Å². The van der Waals surface area contributed by atoms with Crippen LogP contribution in [0.5, 0.6) is 0 Å². The Balaban J connectivity index is 0.000000283. The first-order chi connectivity index (χ1) is 21.1.